The lowest BCUT2D eigenvalue weighted by Crippen LogP contribution is -2.35. The summed E-state index contributed by atoms with van der Waals surface area (Å²) >= 11 is 0. The molecule has 1 atom stereocenters. The van der Waals surface area contributed by atoms with E-state index in [9.17, 15) is 9.59 Å². The van der Waals surface area contributed by atoms with Crippen LogP contribution in [0.5, 0.6) is 5.75 Å². The van der Waals surface area contributed by atoms with E-state index in [1.807, 2.05) is 29.2 Å². The zero-order chi connectivity index (χ0) is 20.9. The van der Waals surface area contributed by atoms with Crippen molar-refractivity contribution in [2.75, 3.05) is 37.0 Å². The molecule has 2 aromatic rings. The van der Waals surface area contributed by atoms with E-state index in [0.29, 0.717) is 30.3 Å². The van der Waals surface area contributed by atoms with Crippen LogP contribution < -0.4 is 15.0 Å². The third kappa shape index (κ3) is 4.42. The number of hydrogen-bond donors (Lipinski definition) is 1. The van der Waals surface area contributed by atoms with Crippen molar-refractivity contribution in [2.24, 2.45) is 0 Å². The molecule has 2 fully saturated rings. The van der Waals surface area contributed by atoms with E-state index in [1.54, 1.807) is 12.0 Å². The van der Waals surface area contributed by atoms with Gasteiger partial charge in [-0.3, -0.25) is 4.79 Å². The summed E-state index contributed by atoms with van der Waals surface area (Å²) in [4.78, 5) is 28.7. The van der Waals surface area contributed by atoms with Crippen molar-refractivity contribution in [3.8, 4) is 5.75 Å². The van der Waals surface area contributed by atoms with Crippen LogP contribution in [-0.2, 0) is 4.79 Å². The number of amides is 3. The number of urea groups is 1. The zero-order valence-electron chi connectivity index (χ0n) is 17.5. The zero-order valence-corrected chi connectivity index (χ0v) is 17.5. The smallest absolute Gasteiger partial charge is 0.321 e. The molecule has 0 bridgehead atoms. The van der Waals surface area contributed by atoms with Crippen LogP contribution in [0.1, 0.15) is 43.6 Å². The molecule has 0 saturated carbocycles. The van der Waals surface area contributed by atoms with Gasteiger partial charge in [0.25, 0.3) is 0 Å². The van der Waals surface area contributed by atoms with E-state index in [2.05, 4.69) is 29.6 Å². The van der Waals surface area contributed by atoms with E-state index in [4.69, 9.17) is 4.74 Å². The number of anilines is 2. The van der Waals surface area contributed by atoms with Gasteiger partial charge in [-0.2, -0.15) is 0 Å². The van der Waals surface area contributed by atoms with E-state index in [-0.39, 0.29) is 11.9 Å². The molecule has 6 heteroatoms. The van der Waals surface area contributed by atoms with Crippen LogP contribution in [0, 0.1) is 0 Å². The van der Waals surface area contributed by atoms with Gasteiger partial charge in [-0.1, -0.05) is 30.3 Å². The molecule has 30 heavy (non-hydrogen) atoms. The molecule has 2 aliphatic rings. The Hall–Kier alpha value is -3.02. The van der Waals surface area contributed by atoms with Crippen LogP contribution in [-0.4, -0.2) is 43.6 Å². The molecule has 158 valence electrons. The first kappa shape index (κ1) is 20.3. The largest absolute Gasteiger partial charge is 0.495 e. The number of carbonyl (C=O) groups is 2. The minimum Gasteiger partial charge on any atom is -0.495 e. The highest BCUT2D eigenvalue weighted by Gasteiger charge is 2.26. The predicted octanol–water partition coefficient (Wildman–Crippen LogP) is 4.62. The highest BCUT2D eigenvalue weighted by atomic mass is 16.5. The molecule has 6 nitrogen and oxygen atoms in total. The highest BCUT2D eigenvalue weighted by molar-refractivity contribution is 5.98. The highest BCUT2D eigenvalue weighted by Crippen LogP contribution is 2.34. The Bertz CT molecular complexity index is 900. The maximum atomic E-state index is 12.9. The van der Waals surface area contributed by atoms with Crippen molar-refractivity contribution in [3.05, 3.63) is 54.1 Å². The summed E-state index contributed by atoms with van der Waals surface area (Å²) in [5.41, 5.74) is 2.76. The second kappa shape index (κ2) is 9.20. The van der Waals surface area contributed by atoms with Gasteiger partial charge in [0.05, 0.1) is 12.8 Å². The monoisotopic (exact) mass is 407 g/mol. The molecule has 2 aromatic carbocycles. The summed E-state index contributed by atoms with van der Waals surface area (Å²) in [5, 5.41) is 3.02. The van der Waals surface area contributed by atoms with E-state index < -0.39 is 0 Å². The molecule has 3 amide bonds. The number of methoxy groups -OCH3 is 1. The minimum absolute atomic E-state index is 0.0902. The summed E-state index contributed by atoms with van der Waals surface area (Å²) in [5.74, 6) is 1.23. The third-order valence-electron chi connectivity index (χ3n) is 6.08. The maximum absolute atomic E-state index is 12.9. The first-order chi connectivity index (χ1) is 14.7. The van der Waals surface area contributed by atoms with Crippen LogP contribution in [0.15, 0.2) is 48.5 Å². The number of ether oxygens (including phenoxy) is 1. The summed E-state index contributed by atoms with van der Waals surface area (Å²) in [6.45, 7) is 2.17. The Balaban J connectivity index is 1.43. The van der Waals surface area contributed by atoms with Gasteiger partial charge in [0.15, 0.2) is 0 Å². The lowest BCUT2D eigenvalue weighted by atomic mass is 9.92. The first-order valence-electron chi connectivity index (χ1n) is 10.7. The fourth-order valence-electron chi connectivity index (χ4n) is 4.44. The fourth-order valence-corrected chi connectivity index (χ4v) is 4.44. The van der Waals surface area contributed by atoms with E-state index >= 15 is 0 Å². The third-order valence-corrected chi connectivity index (χ3v) is 6.08. The Morgan fingerprint density at radius 3 is 2.60 bits per heavy atom. The quantitative estimate of drug-likeness (QED) is 0.804. The van der Waals surface area contributed by atoms with Gasteiger partial charge < -0.3 is 19.9 Å². The number of likely N-dealkylation sites (tertiary alicyclic amines) is 1. The van der Waals surface area contributed by atoms with E-state index in [0.717, 1.165) is 44.5 Å². The van der Waals surface area contributed by atoms with Crippen molar-refractivity contribution < 1.29 is 14.3 Å². The number of benzene rings is 2. The fraction of sp³-hybridized carbons (Fsp3) is 0.417. The molecule has 0 radical (unpaired) electrons. The molecule has 1 unspecified atom stereocenters. The maximum Gasteiger partial charge on any atom is 0.321 e. The molecule has 2 heterocycles. The second-order valence-electron chi connectivity index (χ2n) is 7.99. The van der Waals surface area contributed by atoms with Crippen LogP contribution in [0.25, 0.3) is 0 Å². The van der Waals surface area contributed by atoms with Gasteiger partial charge >= 0.3 is 6.03 Å². The average Bonchev–Trinajstić information content (AvgIpc) is 3.05. The van der Waals surface area contributed by atoms with Gasteiger partial charge in [0, 0.05) is 31.7 Å². The Morgan fingerprint density at radius 2 is 1.87 bits per heavy atom. The summed E-state index contributed by atoms with van der Waals surface area (Å²) in [6.07, 6.45) is 4.44. The Morgan fingerprint density at radius 1 is 1.03 bits per heavy atom. The summed E-state index contributed by atoms with van der Waals surface area (Å²) < 4.78 is 5.44. The van der Waals surface area contributed by atoms with Crippen molar-refractivity contribution in [2.45, 2.75) is 38.0 Å². The van der Waals surface area contributed by atoms with E-state index in [1.165, 1.54) is 5.56 Å². The number of nitrogens with one attached hydrogen (secondary N) is 1. The van der Waals surface area contributed by atoms with Gasteiger partial charge in [-0.05, 0) is 55.4 Å². The number of carbonyl (C=O) groups excluding carboxylic acids is 2. The minimum atomic E-state index is -0.0902. The number of hydrogen-bond acceptors (Lipinski definition) is 3. The standard InChI is InChI=1S/C24H29N3O3/c1-30-22-12-11-20(17-21(22)27-15-6-10-23(27)28)25-24(29)26-14-5-9-19(13-16-26)18-7-3-2-4-8-18/h2-4,7-8,11-12,17,19H,5-6,9-10,13-16H2,1H3,(H,25,29). The first-order valence-corrected chi connectivity index (χ1v) is 10.7. The van der Waals surface area contributed by atoms with Gasteiger partial charge in [-0.25, -0.2) is 4.79 Å². The van der Waals surface area contributed by atoms with Crippen molar-refractivity contribution in [1.82, 2.24) is 4.90 Å². The van der Waals surface area contributed by atoms with Crippen molar-refractivity contribution in [1.29, 1.82) is 0 Å². The molecule has 0 spiro atoms. The lowest BCUT2D eigenvalue weighted by Gasteiger charge is -2.23. The number of nitrogens with zero attached hydrogens (tertiary/aromatic N) is 2. The van der Waals surface area contributed by atoms with Gasteiger partial charge in [-0.15, -0.1) is 0 Å². The summed E-state index contributed by atoms with van der Waals surface area (Å²) in [6, 6.07) is 15.9. The van der Waals surface area contributed by atoms with Crippen LogP contribution in [0.2, 0.25) is 0 Å². The Labute approximate surface area is 177 Å². The topological polar surface area (TPSA) is 61.9 Å². The summed E-state index contributed by atoms with van der Waals surface area (Å²) in [7, 11) is 1.60. The molecule has 1 N–H and O–H groups in total. The van der Waals surface area contributed by atoms with Crippen LogP contribution in [0.3, 0.4) is 0 Å². The Kier molecular flexibility index (Phi) is 6.21. The predicted molar refractivity (Wildman–Crippen MR) is 118 cm³/mol. The lowest BCUT2D eigenvalue weighted by molar-refractivity contribution is -0.117. The van der Waals surface area contributed by atoms with Gasteiger partial charge in [0.1, 0.15) is 5.75 Å². The molecule has 0 aliphatic carbocycles. The van der Waals surface area contributed by atoms with Crippen LogP contribution >= 0.6 is 0 Å². The molecule has 4 rings (SSSR count). The molecular weight excluding hydrogens is 378 g/mol. The van der Waals surface area contributed by atoms with Crippen molar-refractivity contribution >= 4 is 23.3 Å². The van der Waals surface area contributed by atoms with Gasteiger partial charge in [0.2, 0.25) is 5.91 Å². The molecule has 2 saturated heterocycles. The van der Waals surface area contributed by atoms with Crippen LogP contribution in [0.4, 0.5) is 16.2 Å². The molecule has 0 aromatic heterocycles. The second-order valence-corrected chi connectivity index (χ2v) is 7.99. The average molecular weight is 408 g/mol. The normalized spacial score (nSPS) is 19.5. The SMILES string of the molecule is COc1ccc(NC(=O)N2CCCC(c3ccccc3)CC2)cc1N1CCCC1=O. The molecule has 2 aliphatic heterocycles. The van der Waals surface area contributed by atoms with Crippen molar-refractivity contribution in [3.63, 3.8) is 0 Å². The number of rotatable bonds is 4. The molecular formula is C24H29N3O3.